The van der Waals surface area contributed by atoms with Gasteiger partial charge in [0.1, 0.15) is 12.3 Å². The van der Waals surface area contributed by atoms with E-state index in [9.17, 15) is 4.79 Å². The van der Waals surface area contributed by atoms with Crippen molar-refractivity contribution in [3.63, 3.8) is 0 Å². The molecule has 1 heterocycles. The molecule has 0 aliphatic carbocycles. The zero-order valence-electron chi connectivity index (χ0n) is 15.6. The van der Waals surface area contributed by atoms with Gasteiger partial charge in [-0.05, 0) is 25.1 Å². The number of carbonyl (C=O) groups is 1. The lowest BCUT2D eigenvalue weighted by molar-refractivity contribution is -0.917. The second kappa shape index (κ2) is 8.68. The Labute approximate surface area is 155 Å². The van der Waals surface area contributed by atoms with Crippen molar-refractivity contribution in [2.45, 2.75) is 13.5 Å². The first-order valence-corrected chi connectivity index (χ1v) is 9.15. The van der Waals surface area contributed by atoms with E-state index in [0.29, 0.717) is 0 Å². The lowest BCUT2D eigenvalue weighted by Crippen LogP contribution is -3.13. The highest BCUT2D eigenvalue weighted by atomic mass is 16.5. The Balaban J connectivity index is 1.54. The molecule has 1 fully saturated rings. The molecule has 1 amide bonds. The normalized spacial score (nSPS) is 15.4. The number of rotatable bonds is 5. The minimum atomic E-state index is 0.0762. The van der Waals surface area contributed by atoms with Crippen molar-refractivity contribution >= 4 is 12.0 Å². The van der Waals surface area contributed by atoms with E-state index in [-0.39, 0.29) is 5.91 Å². The van der Waals surface area contributed by atoms with Gasteiger partial charge in [0.25, 0.3) is 0 Å². The smallest absolute Gasteiger partial charge is 0.246 e. The number of nitrogens with one attached hydrogen (secondary N) is 1. The number of methoxy groups -OCH3 is 1. The Bertz CT molecular complexity index is 763. The second-order valence-corrected chi connectivity index (χ2v) is 6.82. The molecule has 2 aromatic carbocycles. The van der Waals surface area contributed by atoms with Gasteiger partial charge in [-0.3, -0.25) is 4.79 Å². The van der Waals surface area contributed by atoms with Crippen LogP contribution in [0.3, 0.4) is 0 Å². The summed E-state index contributed by atoms with van der Waals surface area (Å²) in [5.41, 5.74) is 3.44. The van der Waals surface area contributed by atoms with Gasteiger partial charge in [-0.25, -0.2) is 0 Å². The largest absolute Gasteiger partial charge is 0.496 e. The lowest BCUT2D eigenvalue weighted by Gasteiger charge is -2.31. The SMILES string of the molecule is COc1ccc(C)cc1/C=C/C(=O)N1CC[NH+](Cc2ccccc2)CC1. The van der Waals surface area contributed by atoms with Gasteiger partial charge in [-0.15, -0.1) is 0 Å². The summed E-state index contributed by atoms with van der Waals surface area (Å²) in [4.78, 5) is 16.0. The highest BCUT2D eigenvalue weighted by Crippen LogP contribution is 2.21. The number of carbonyl (C=O) groups excluding carboxylic acids is 1. The van der Waals surface area contributed by atoms with Crippen LogP contribution >= 0.6 is 0 Å². The van der Waals surface area contributed by atoms with E-state index in [0.717, 1.165) is 49.6 Å². The van der Waals surface area contributed by atoms with Gasteiger partial charge < -0.3 is 14.5 Å². The van der Waals surface area contributed by atoms with Crippen LogP contribution in [-0.4, -0.2) is 44.1 Å². The third kappa shape index (κ3) is 4.73. The number of hydrogen-bond acceptors (Lipinski definition) is 2. The number of quaternary nitrogens is 1. The van der Waals surface area contributed by atoms with Gasteiger partial charge in [0, 0.05) is 17.2 Å². The average molecular weight is 351 g/mol. The first-order valence-electron chi connectivity index (χ1n) is 9.15. The lowest BCUT2D eigenvalue weighted by atomic mass is 10.1. The molecule has 0 spiro atoms. The summed E-state index contributed by atoms with van der Waals surface area (Å²) in [7, 11) is 1.65. The number of amides is 1. The molecule has 1 saturated heterocycles. The van der Waals surface area contributed by atoms with Crippen LogP contribution in [0.25, 0.3) is 6.08 Å². The van der Waals surface area contributed by atoms with E-state index >= 15 is 0 Å². The van der Waals surface area contributed by atoms with Gasteiger partial charge in [-0.1, -0.05) is 42.0 Å². The molecule has 3 rings (SSSR count). The molecule has 0 aromatic heterocycles. The minimum Gasteiger partial charge on any atom is -0.496 e. The highest BCUT2D eigenvalue weighted by molar-refractivity contribution is 5.92. The van der Waals surface area contributed by atoms with E-state index in [2.05, 4.69) is 24.3 Å². The maximum absolute atomic E-state index is 12.5. The second-order valence-electron chi connectivity index (χ2n) is 6.82. The molecule has 4 heteroatoms. The molecule has 4 nitrogen and oxygen atoms in total. The molecule has 2 aromatic rings. The maximum atomic E-state index is 12.5. The number of hydrogen-bond donors (Lipinski definition) is 1. The predicted octanol–water partition coefficient (Wildman–Crippen LogP) is 1.94. The number of aryl methyl sites for hydroxylation is 1. The molecule has 136 valence electrons. The third-order valence-corrected chi connectivity index (χ3v) is 4.87. The van der Waals surface area contributed by atoms with Crippen LogP contribution in [0.4, 0.5) is 0 Å². The monoisotopic (exact) mass is 351 g/mol. The third-order valence-electron chi connectivity index (χ3n) is 4.87. The zero-order valence-corrected chi connectivity index (χ0v) is 15.6. The first kappa shape index (κ1) is 18.2. The van der Waals surface area contributed by atoms with Crippen LogP contribution < -0.4 is 9.64 Å². The average Bonchev–Trinajstić information content (AvgIpc) is 2.67. The summed E-state index contributed by atoms with van der Waals surface area (Å²) < 4.78 is 5.37. The van der Waals surface area contributed by atoms with Crippen LogP contribution in [0.5, 0.6) is 5.75 Å². The Kier molecular flexibility index (Phi) is 6.08. The van der Waals surface area contributed by atoms with E-state index in [1.54, 1.807) is 13.2 Å². The molecule has 1 N–H and O–H groups in total. The van der Waals surface area contributed by atoms with Crippen LogP contribution in [0.2, 0.25) is 0 Å². The van der Waals surface area contributed by atoms with Crippen molar-refractivity contribution < 1.29 is 14.4 Å². The van der Waals surface area contributed by atoms with Gasteiger partial charge in [0.15, 0.2) is 0 Å². The fourth-order valence-corrected chi connectivity index (χ4v) is 3.36. The van der Waals surface area contributed by atoms with E-state index in [1.165, 1.54) is 10.5 Å². The summed E-state index contributed by atoms with van der Waals surface area (Å²) >= 11 is 0. The van der Waals surface area contributed by atoms with E-state index < -0.39 is 0 Å². The van der Waals surface area contributed by atoms with Crippen LogP contribution in [0.15, 0.2) is 54.6 Å². The van der Waals surface area contributed by atoms with Crippen LogP contribution in [0, 0.1) is 6.92 Å². The molecule has 0 radical (unpaired) electrons. The molecular formula is C22H27N2O2+. The van der Waals surface area contributed by atoms with Gasteiger partial charge >= 0.3 is 0 Å². The summed E-state index contributed by atoms with van der Waals surface area (Å²) in [6.07, 6.45) is 3.52. The molecule has 0 bridgehead atoms. The molecular weight excluding hydrogens is 324 g/mol. The number of benzene rings is 2. The fourth-order valence-electron chi connectivity index (χ4n) is 3.36. The summed E-state index contributed by atoms with van der Waals surface area (Å²) in [5.74, 6) is 0.865. The summed E-state index contributed by atoms with van der Waals surface area (Å²) in [6, 6.07) is 16.5. The van der Waals surface area contributed by atoms with Crippen LogP contribution in [-0.2, 0) is 11.3 Å². The number of nitrogens with zero attached hydrogens (tertiary/aromatic N) is 1. The Hall–Kier alpha value is -2.59. The van der Waals surface area contributed by atoms with Crippen molar-refractivity contribution in [1.82, 2.24) is 4.90 Å². The Morgan fingerprint density at radius 2 is 1.88 bits per heavy atom. The van der Waals surface area contributed by atoms with Crippen molar-refractivity contribution in [2.75, 3.05) is 33.3 Å². The maximum Gasteiger partial charge on any atom is 0.246 e. The highest BCUT2D eigenvalue weighted by Gasteiger charge is 2.22. The van der Waals surface area contributed by atoms with Crippen molar-refractivity contribution in [3.8, 4) is 5.75 Å². The van der Waals surface area contributed by atoms with Gasteiger partial charge in [0.2, 0.25) is 5.91 Å². The van der Waals surface area contributed by atoms with Crippen LogP contribution in [0.1, 0.15) is 16.7 Å². The fraction of sp³-hybridized carbons (Fsp3) is 0.318. The zero-order chi connectivity index (χ0) is 18.4. The van der Waals surface area contributed by atoms with Crippen molar-refractivity contribution in [3.05, 3.63) is 71.3 Å². The summed E-state index contributed by atoms with van der Waals surface area (Å²) in [6.45, 7) is 6.64. The van der Waals surface area contributed by atoms with Crippen molar-refractivity contribution in [1.29, 1.82) is 0 Å². The minimum absolute atomic E-state index is 0.0762. The topological polar surface area (TPSA) is 34.0 Å². The first-order chi connectivity index (χ1) is 12.7. The molecule has 0 atom stereocenters. The Morgan fingerprint density at radius 3 is 2.58 bits per heavy atom. The van der Waals surface area contributed by atoms with E-state index in [4.69, 9.17) is 4.74 Å². The van der Waals surface area contributed by atoms with Gasteiger partial charge in [0.05, 0.1) is 33.3 Å². The summed E-state index contributed by atoms with van der Waals surface area (Å²) in [5, 5.41) is 0. The quantitative estimate of drug-likeness (QED) is 0.836. The van der Waals surface area contributed by atoms with Gasteiger partial charge in [-0.2, -0.15) is 0 Å². The molecule has 0 saturated carbocycles. The number of piperazine rings is 1. The standard InChI is InChI=1S/C22H26N2O2/c1-18-8-10-21(26-2)20(16-18)9-11-22(25)24-14-12-23(13-15-24)17-19-6-4-3-5-7-19/h3-11,16H,12-15,17H2,1-2H3/p+1/b11-9+. The number of ether oxygens (including phenoxy) is 1. The van der Waals surface area contributed by atoms with E-state index in [1.807, 2.05) is 42.2 Å². The predicted molar refractivity (Wildman–Crippen MR) is 104 cm³/mol. The molecule has 1 aliphatic rings. The molecule has 1 aliphatic heterocycles. The molecule has 0 unspecified atom stereocenters. The Morgan fingerprint density at radius 1 is 1.15 bits per heavy atom. The van der Waals surface area contributed by atoms with Crippen molar-refractivity contribution in [2.24, 2.45) is 0 Å². The molecule has 26 heavy (non-hydrogen) atoms.